The van der Waals surface area contributed by atoms with Crippen LogP contribution in [0.3, 0.4) is 0 Å². The lowest BCUT2D eigenvalue weighted by Gasteiger charge is -2.36. The van der Waals surface area contributed by atoms with E-state index < -0.39 is 5.97 Å². The molecule has 1 atom stereocenters. The van der Waals surface area contributed by atoms with Crippen LogP contribution < -0.4 is 0 Å². The average Bonchev–Trinajstić information content (AvgIpc) is 3.09. The Morgan fingerprint density at radius 2 is 1.81 bits per heavy atom. The number of likely N-dealkylation sites (tertiary alicyclic amines) is 1. The van der Waals surface area contributed by atoms with Crippen molar-refractivity contribution in [2.75, 3.05) is 13.1 Å². The number of nitrogens with zero attached hydrogens (tertiary/aromatic N) is 1. The molecule has 6 heteroatoms. The van der Waals surface area contributed by atoms with Crippen LogP contribution in [0.2, 0.25) is 10.0 Å². The zero-order valence-electron chi connectivity index (χ0n) is 14.6. The van der Waals surface area contributed by atoms with Gasteiger partial charge in [-0.15, -0.1) is 11.3 Å². The number of aliphatic carboxylic acids is 1. The van der Waals surface area contributed by atoms with E-state index in [0.717, 1.165) is 18.7 Å². The van der Waals surface area contributed by atoms with Crippen molar-refractivity contribution in [2.24, 2.45) is 5.92 Å². The van der Waals surface area contributed by atoms with E-state index in [2.05, 4.69) is 29.2 Å². The van der Waals surface area contributed by atoms with E-state index >= 15 is 0 Å². The van der Waals surface area contributed by atoms with Gasteiger partial charge in [-0.3, -0.25) is 9.69 Å². The molecule has 2 heterocycles. The average molecular weight is 420 g/mol. The molecule has 3 nitrogen and oxygen atoms in total. The lowest BCUT2D eigenvalue weighted by Crippen LogP contribution is -2.39. The molecule has 0 bridgehead atoms. The lowest BCUT2D eigenvalue weighted by atomic mass is 9.93. The van der Waals surface area contributed by atoms with E-state index in [9.17, 15) is 9.90 Å². The summed E-state index contributed by atoms with van der Waals surface area (Å²) in [6, 6.07) is 16.4. The molecule has 1 aliphatic heterocycles. The number of carbonyl (C=O) groups is 1. The van der Waals surface area contributed by atoms with Gasteiger partial charge in [0.2, 0.25) is 0 Å². The van der Waals surface area contributed by atoms with Crippen molar-refractivity contribution in [2.45, 2.75) is 18.9 Å². The Bertz CT molecular complexity index is 946. The van der Waals surface area contributed by atoms with Gasteiger partial charge in [0.1, 0.15) is 0 Å². The van der Waals surface area contributed by atoms with Gasteiger partial charge >= 0.3 is 5.97 Å². The number of thiophene rings is 1. The van der Waals surface area contributed by atoms with Crippen molar-refractivity contribution in [3.05, 3.63) is 69.0 Å². The molecule has 4 rings (SSSR count). The summed E-state index contributed by atoms with van der Waals surface area (Å²) in [5, 5.41) is 11.6. The standard InChI is InChI=1S/C21H19Cl2NO2S/c22-16-6-5-15(11-17(16)23)20(24-9-7-13(8-10-24)21(25)26)19-12-14-3-1-2-4-18(14)27-19/h1-6,11-13,20H,7-10H2,(H,25,26). The molecule has 1 aliphatic rings. The third-order valence-corrected chi connectivity index (χ3v) is 7.12. The molecule has 27 heavy (non-hydrogen) atoms. The van der Waals surface area contributed by atoms with E-state index in [0.29, 0.717) is 22.9 Å². The maximum Gasteiger partial charge on any atom is 0.306 e. The van der Waals surface area contributed by atoms with Gasteiger partial charge in [0.25, 0.3) is 0 Å². The molecule has 2 aromatic carbocycles. The second-order valence-electron chi connectivity index (χ2n) is 6.91. The summed E-state index contributed by atoms with van der Waals surface area (Å²) in [7, 11) is 0. The lowest BCUT2D eigenvalue weighted by molar-refractivity contribution is -0.143. The second kappa shape index (κ2) is 7.80. The van der Waals surface area contributed by atoms with Gasteiger partial charge in [-0.2, -0.15) is 0 Å². The van der Waals surface area contributed by atoms with Gasteiger partial charge in [-0.1, -0.05) is 47.5 Å². The third-order valence-electron chi connectivity index (χ3n) is 5.22. The van der Waals surface area contributed by atoms with Crippen molar-refractivity contribution >= 4 is 50.6 Å². The maximum absolute atomic E-state index is 11.3. The van der Waals surface area contributed by atoms with Crippen molar-refractivity contribution in [1.82, 2.24) is 4.90 Å². The molecule has 1 N–H and O–H groups in total. The number of rotatable bonds is 4. The van der Waals surface area contributed by atoms with Crippen molar-refractivity contribution in [1.29, 1.82) is 0 Å². The van der Waals surface area contributed by atoms with Gasteiger partial charge in [0.15, 0.2) is 0 Å². The van der Waals surface area contributed by atoms with Crippen molar-refractivity contribution in [3.8, 4) is 0 Å². The van der Waals surface area contributed by atoms with E-state index in [-0.39, 0.29) is 12.0 Å². The molecule has 1 unspecified atom stereocenters. The van der Waals surface area contributed by atoms with Crippen LogP contribution in [0, 0.1) is 5.92 Å². The first-order chi connectivity index (χ1) is 13.0. The van der Waals surface area contributed by atoms with Gasteiger partial charge in [0.05, 0.1) is 22.0 Å². The zero-order chi connectivity index (χ0) is 19.0. The monoisotopic (exact) mass is 419 g/mol. The Kier molecular flexibility index (Phi) is 5.42. The first-order valence-electron chi connectivity index (χ1n) is 8.93. The van der Waals surface area contributed by atoms with Gasteiger partial charge in [-0.25, -0.2) is 0 Å². The molecule has 1 aromatic heterocycles. The Morgan fingerprint density at radius 1 is 1.07 bits per heavy atom. The van der Waals surface area contributed by atoms with E-state index in [4.69, 9.17) is 23.2 Å². The highest BCUT2D eigenvalue weighted by molar-refractivity contribution is 7.19. The number of piperidine rings is 1. The highest BCUT2D eigenvalue weighted by atomic mass is 35.5. The minimum atomic E-state index is -0.692. The Balaban J connectivity index is 1.73. The number of hydrogen-bond acceptors (Lipinski definition) is 3. The largest absolute Gasteiger partial charge is 0.481 e. The number of fused-ring (bicyclic) bond motifs is 1. The second-order valence-corrected chi connectivity index (χ2v) is 8.84. The number of halogens is 2. The molecule has 0 amide bonds. The first kappa shape index (κ1) is 18.8. The summed E-state index contributed by atoms with van der Waals surface area (Å²) in [6.07, 6.45) is 1.33. The SMILES string of the molecule is O=C(O)C1CCN(C(c2ccc(Cl)c(Cl)c2)c2cc3ccccc3s2)CC1. The highest BCUT2D eigenvalue weighted by Crippen LogP contribution is 2.40. The summed E-state index contributed by atoms with van der Waals surface area (Å²) < 4.78 is 1.25. The zero-order valence-corrected chi connectivity index (χ0v) is 16.9. The van der Waals surface area contributed by atoms with Crippen LogP contribution in [0.5, 0.6) is 0 Å². The molecular formula is C21H19Cl2NO2S. The smallest absolute Gasteiger partial charge is 0.306 e. The fraction of sp³-hybridized carbons (Fsp3) is 0.286. The van der Waals surface area contributed by atoms with Crippen LogP contribution in [0.25, 0.3) is 10.1 Å². The normalized spacial score (nSPS) is 17.3. The fourth-order valence-corrected chi connectivity index (χ4v) is 5.31. The van der Waals surface area contributed by atoms with Gasteiger partial charge in [0, 0.05) is 9.58 Å². The molecule has 3 aromatic rings. The van der Waals surface area contributed by atoms with Crippen LogP contribution in [-0.2, 0) is 4.79 Å². The molecule has 0 aliphatic carbocycles. The third kappa shape index (κ3) is 3.85. The predicted octanol–water partition coefficient (Wildman–Crippen LogP) is 6.09. The molecule has 140 valence electrons. The summed E-state index contributed by atoms with van der Waals surface area (Å²) in [5.74, 6) is -0.944. The molecule has 1 saturated heterocycles. The minimum absolute atomic E-state index is 0.0481. The molecule has 0 spiro atoms. The summed E-state index contributed by atoms with van der Waals surface area (Å²) in [6.45, 7) is 1.49. The number of carboxylic acid groups (broad SMARTS) is 1. The Morgan fingerprint density at radius 3 is 2.48 bits per heavy atom. The van der Waals surface area contributed by atoms with Crippen LogP contribution in [-0.4, -0.2) is 29.1 Å². The summed E-state index contributed by atoms with van der Waals surface area (Å²) >= 11 is 14.2. The fourth-order valence-electron chi connectivity index (χ4n) is 3.78. The summed E-state index contributed by atoms with van der Waals surface area (Å²) in [5.41, 5.74) is 1.09. The van der Waals surface area contributed by atoms with E-state index in [1.807, 2.05) is 24.3 Å². The maximum atomic E-state index is 11.3. The number of hydrogen-bond donors (Lipinski definition) is 1. The Hall–Kier alpha value is -1.59. The topological polar surface area (TPSA) is 40.5 Å². The van der Waals surface area contributed by atoms with Gasteiger partial charge < -0.3 is 5.11 Å². The van der Waals surface area contributed by atoms with E-state index in [1.165, 1.54) is 15.0 Å². The molecular weight excluding hydrogens is 401 g/mol. The van der Waals surface area contributed by atoms with Crippen molar-refractivity contribution in [3.63, 3.8) is 0 Å². The summed E-state index contributed by atoms with van der Waals surface area (Å²) in [4.78, 5) is 14.9. The minimum Gasteiger partial charge on any atom is -0.481 e. The highest BCUT2D eigenvalue weighted by Gasteiger charge is 2.31. The van der Waals surface area contributed by atoms with Crippen LogP contribution >= 0.6 is 34.5 Å². The predicted molar refractivity (Wildman–Crippen MR) is 112 cm³/mol. The van der Waals surface area contributed by atoms with Gasteiger partial charge in [-0.05, 0) is 61.1 Å². The van der Waals surface area contributed by atoms with Crippen LogP contribution in [0.15, 0.2) is 48.5 Å². The number of carboxylic acids is 1. The molecule has 1 fully saturated rings. The van der Waals surface area contributed by atoms with Crippen LogP contribution in [0.1, 0.15) is 29.3 Å². The quantitative estimate of drug-likeness (QED) is 0.555. The Labute approximate surface area is 172 Å². The first-order valence-corrected chi connectivity index (χ1v) is 10.5. The number of benzene rings is 2. The van der Waals surface area contributed by atoms with E-state index in [1.54, 1.807) is 11.3 Å². The van der Waals surface area contributed by atoms with Crippen LogP contribution in [0.4, 0.5) is 0 Å². The molecule has 0 saturated carbocycles. The molecule has 0 radical (unpaired) electrons. The van der Waals surface area contributed by atoms with Crippen molar-refractivity contribution < 1.29 is 9.90 Å².